The topological polar surface area (TPSA) is 97.6 Å². The number of methoxy groups -OCH3 is 1. The molecule has 0 atom stereocenters. The molecular formula is C22H20N2O5S. The van der Waals surface area contributed by atoms with Crippen LogP contribution in [0.5, 0.6) is 5.75 Å². The molecule has 2 N–H and O–H groups in total. The Bertz CT molecular complexity index is 1390. The van der Waals surface area contributed by atoms with Gasteiger partial charge >= 0.3 is 0 Å². The molecule has 0 unspecified atom stereocenters. The molecule has 0 radical (unpaired) electrons. The zero-order chi connectivity index (χ0) is 21.5. The van der Waals surface area contributed by atoms with E-state index in [0.717, 1.165) is 10.8 Å². The average molecular weight is 424 g/mol. The first kappa shape index (κ1) is 19.8. The first-order valence-electron chi connectivity index (χ1n) is 9.19. The van der Waals surface area contributed by atoms with Gasteiger partial charge in [0.1, 0.15) is 16.9 Å². The molecule has 7 nitrogen and oxygen atoms in total. The fraction of sp³-hybridized carbons (Fsp3) is 0.136. The fourth-order valence-corrected chi connectivity index (χ4v) is 4.70. The molecule has 3 aromatic carbocycles. The summed E-state index contributed by atoms with van der Waals surface area (Å²) in [6.07, 6.45) is 0. The van der Waals surface area contributed by atoms with Crippen molar-refractivity contribution in [2.75, 3.05) is 17.1 Å². The van der Waals surface area contributed by atoms with Crippen LogP contribution in [0.15, 0.2) is 63.9 Å². The summed E-state index contributed by atoms with van der Waals surface area (Å²) in [5.74, 6) is 0.0838. The van der Waals surface area contributed by atoms with Gasteiger partial charge in [-0.3, -0.25) is 9.52 Å². The van der Waals surface area contributed by atoms with Crippen molar-refractivity contribution in [2.24, 2.45) is 0 Å². The Kier molecular flexibility index (Phi) is 4.87. The molecule has 0 aliphatic heterocycles. The molecule has 0 fully saturated rings. The van der Waals surface area contributed by atoms with E-state index in [9.17, 15) is 13.2 Å². The van der Waals surface area contributed by atoms with Gasteiger partial charge in [0.15, 0.2) is 0 Å². The highest BCUT2D eigenvalue weighted by Gasteiger charge is 2.21. The highest BCUT2D eigenvalue weighted by molar-refractivity contribution is 7.92. The number of ether oxygens (including phenoxy) is 1. The van der Waals surface area contributed by atoms with E-state index in [2.05, 4.69) is 10.0 Å². The second kappa shape index (κ2) is 7.38. The van der Waals surface area contributed by atoms with Gasteiger partial charge in [-0.25, -0.2) is 8.42 Å². The number of rotatable bonds is 5. The maximum Gasteiger partial charge on any atom is 0.262 e. The smallest absolute Gasteiger partial charge is 0.262 e. The molecular weight excluding hydrogens is 404 g/mol. The quantitative estimate of drug-likeness (QED) is 0.485. The molecule has 154 valence electrons. The van der Waals surface area contributed by atoms with Crippen LogP contribution in [-0.2, 0) is 14.8 Å². The van der Waals surface area contributed by atoms with Crippen molar-refractivity contribution in [3.05, 3.63) is 60.2 Å². The molecule has 1 aromatic heterocycles. The van der Waals surface area contributed by atoms with E-state index in [1.54, 1.807) is 31.2 Å². The number of hydrogen-bond donors (Lipinski definition) is 2. The van der Waals surface area contributed by atoms with E-state index in [4.69, 9.17) is 9.15 Å². The van der Waals surface area contributed by atoms with E-state index < -0.39 is 10.0 Å². The number of aryl methyl sites for hydroxylation is 1. The van der Waals surface area contributed by atoms with Crippen LogP contribution in [0.4, 0.5) is 11.4 Å². The van der Waals surface area contributed by atoms with Gasteiger partial charge in [-0.05, 0) is 36.8 Å². The molecule has 4 rings (SSSR count). The Morgan fingerprint density at radius 3 is 2.50 bits per heavy atom. The predicted molar refractivity (Wildman–Crippen MR) is 117 cm³/mol. The minimum atomic E-state index is -3.96. The Morgan fingerprint density at radius 1 is 1.00 bits per heavy atom. The molecule has 1 heterocycles. The molecule has 0 aliphatic carbocycles. The molecule has 0 spiro atoms. The number of nitrogens with one attached hydrogen (secondary N) is 2. The lowest BCUT2D eigenvalue weighted by atomic mass is 10.1. The van der Waals surface area contributed by atoms with Crippen LogP contribution in [0.2, 0.25) is 0 Å². The summed E-state index contributed by atoms with van der Waals surface area (Å²) in [5, 5.41) is 4.34. The van der Waals surface area contributed by atoms with Crippen molar-refractivity contribution in [1.29, 1.82) is 0 Å². The summed E-state index contributed by atoms with van der Waals surface area (Å²) >= 11 is 0. The highest BCUT2D eigenvalue weighted by Crippen LogP contribution is 2.37. The normalized spacial score (nSPS) is 11.6. The summed E-state index contributed by atoms with van der Waals surface area (Å²) < 4.78 is 40.1. The van der Waals surface area contributed by atoms with E-state index in [-0.39, 0.29) is 16.5 Å². The molecule has 4 aromatic rings. The molecule has 30 heavy (non-hydrogen) atoms. The number of para-hydroxylation sites is 1. The van der Waals surface area contributed by atoms with Crippen LogP contribution < -0.4 is 14.8 Å². The van der Waals surface area contributed by atoms with Gasteiger partial charge in [-0.15, -0.1) is 0 Å². The van der Waals surface area contributed by atoms with E-state index in [1.807, 2.05) is 24.3 Å². The maximum atomic E-state index is 13.1. The number of carbonyl (C=O) groups excluding carboxylic acids is 1. The monoisotopic (exact) mass is 424 g/mol. The Balaban J connectivity index is 1.79. The number of hydrogen-bond acceptors (Lipinski definition) is 5. The van der Waals surface area contributed by atoms with Gasteiger partial charge in [0.05, 0.1) is 17.7 Å². The summed E-state index contributed by atoms with van der Waals surface area (Å²) in [7, 11) is -2.48. The van der Waals surface area contributed by atoms with Crippen molar-refractivity contribution in [3.63, 3.8) is 0 Å². The lowest BCUT2D eigenvalue weighted by Crippen LogP contribution is -2.16. The third kappa shape index (κ3) is 3.57. The average Bonchev–Trinajstić information content (AvgIpc) is 3.05. The van der Waals surface area contributed by atoms with Crippen molar-refractivity contribution >= 4 is 49.2 Å². The van der Waals surface area contributed by atoms with E-state index >= 15 is 0 Å². The summed E-state index contributed by atoms with van der Waals surface area (Å²) in [6, 6.07) is 15.6. The van der Waals surface area contributed by atoms with Gasteiger partial charge in [-0.1, -0.05) is 24.3 Å². The Labute approximate surface area is 173 Å². The molecule has 8 heteroatoms. The van der Waals surface area contributed by atoms with Crippen molar-refractivity contribution < 1.29 is 22.4 Å². The van der Waals surface area contributed by atoms with Crippen LogP contribution in [0.25, 0.3) is 21.9 Å². The molecule has 0 aliphatic rings. The number of anilines is 2. The van der Waals surface area contributed by atoms with Crippen LogP contribution >= 0.6 is 0 Å². The van der Waals surface area contributed by atoms with Crippen molar-refractivity contribution in [2.45, 2.75) is 18.7 Å². The van der Waals surface area contributed by atoms with Crippen LogP contribution in [0.1, 0.15) is 12.5 Å². The minimum Gasteiger partial charge on any atom is -0.495 e. The number of sulfonamides is 1. The lowest BCUT2D eigenvalue weighted by Gasteiger charge is -2.14. The first-order valence-corrected chi connectivity index (χ1v) is 10.7. The number of fused-ring (bicyclic) bond motifs is 3. The maximum absolute atomic E-state index is 13.1. The molecule has 0 saturated heterocycles. The number of carbonyl (C=O) groups is 1. The Hall–Kier alpha value is -3.52. The Morgan fingerprint density at radius 2 is 1.77 bits per heavy atom. The van der Waals surface area contributed by atoms with Crippen LogP contribution in [0.3, 0.4) is 0 Å². The molecule has 0 saturated carbocycles. The molecule has 1 amide bonds. The number of amides is 1. The van der Waals surface area contributed by atoms with Gasteiger partial charge in [0.25, 0.3) is 10.0 Å². The predicted octanol–water partition coefficient (Wildman–Crippen LogP) is 4.66. The highest BCUT2D eigenvalue weighted by atomic mass is 32.2. The molecule has 0 bridgehead atoms. The lowest BCUT2D eigenvalue weighted by molar-refractivity contribution is -0.114. The largest absolute Gasteiger partial charge is 0.495 e. The second-order valence-corrected chi connectivity index (χ2v) is 8.56. The first-order chi connectivity index (χ1) is 14.3. The zero-order valence-electron chi connectivity index (χ0n) is 16.6. The minimum absolute atomic E-state index is 0.0560. The zero-order valence-corrected chi connectivity index (χ0v) is 17.5. The van der Waals surface area contributed by atoms with E-state index in [1.165, 1.54) is 20.1 Å². The fourth-order valence-electron chi connectivity index (χ4n) is 3.37. The van der Waals surface area contributed by atoms with E-state index in [0.29, 0.717) is 28.2 Å². The standard InChI is InChI=1S/C22H20N2O5S/c1-13-8-9-15(23-14(2)25)10-22(13)30(26,27)24-18-12-20-17(11-21(18)28-3)16-6-4-5-7-19(16)29-20/h4-12,24H,1-3H3,(H,23,25). The van der Waals surface area contributed by atoms with Crippen molar-refractivity contribution in [1.82, 2.24) is 0 Å². The number of furan rings is 1. The summed E-state index contributed by atoms with van der Waals surface area (Å²) in [5.41, 5.74) is 2.44. The SMILES string of the molecule is COc1cc2c(cc1NS(=O)(=O)c1cc(NC(C)=O)ccc1C)oc1ccccc12. The second-order valence-electron chi connectivity index (χ2n) is 6.91. The summed E-state index contributed by atoms with van der Waals surface area (Å²) in [6.45, 7) is 3.05. The van der Waals surface area contributed by atoms with Gasteiger partial charge < -0.3 is 14.5 Å². The van der Waals surface area contributed by atoms with Crippen LogP contribution in [0, 0.1) is 6.92 Å². The summed E-state index contributed by atoms with van der Waals surface area (Å²) in [4.78, 5) is 11.4. The van der Waals surface area contributed by atoms with Crippen molar-refractivity contribution in [3.8, 4) is 5.75 Å². The van der Waals surface area contributed by atoms with Gasteiger partial charge in [0.2, 0.25) is 5.91 Å². The van der Waals surface area contributed by atoms with Crippen LogP contribution in [-0.4, -0.2) is 21.4 Å². The third-order valence-corrected chi connectivity index (χ3v) is 6.25. The third-order valence-electron chi connectivity index (χ3n) is 4.74. The van der Waals surface area contributed by atoms with Gasteiger partial charge in [-0.2, -0.15) is 0 Å². The van der Waals surface area contributed by atoms with Gasteiger partial charge in [0, 0.05) is 29.4 Å². The number of benzene rings is 3.